The second-order valence-corrected chi connectivity index (χ2v) is 5.50. The highest BCUT2D eigenvalue weighted by Gasteiger charge is 2.09. The van der Waals surface area contributed by atoms with Crippen molar-refractivity contribution in [1.82, 2.24) is 5.32 Å². The Labute approximate surface area is 122 Å². The molecule has 0 aliphatic heterocycles. The largest absolute Gasteiger partial charge is 0.493 e. The van der Waals surface area contributed by atoms with Gasteiger partial charge in [0.15, 0.2) is 0 Å². The zero-order valence-corrected chi connectivity index (χ0v) is 12.8. The van der Waals surface area contributed by atoms with Gasteiger partial charge in [-0.2, -0.15) is 0 Å². The van der Waals surface area contributed by atoms with Gasteiger partial charge in [-0.05, 0) is 36.2 Å². The summed E-state index contributed by atoms with van der Waals surface area (Å²) in [6, 6.07) is 12.7. The number of ether oxygens (including phenoxy) is 1. The van der Waals surface area contributed by atoms with Crippen molar-refractivity contribution >= 4 is 10.8 Å². The van der Waals surface area contributed by atoms with Crippen molar-refractivity contribution in [1.29, 1.82) is 0 Å². The van der Waals surface area contributed by atoms with Crippen LogP contribution < -0.4 is 10.1 Å². The number of hydrogen-bond donors (Lipinski definition) is 1. The molecule has 0 radical (unpaired) electrons. The number of hydrogen-bond acceptors (Lipinski definition) is 2. The molecule has 2 rings (SSSR count). The van der Waals surface area contributed by atoms with E-state index >= 15 is 0 Å². The molecule has 20 heavy (non-hydrogen) atoms. The Morgan fingerprint density at radius 2 is 1.95 bits per heavy atom. The summed E-state index contributed by atoms with van der Waals surface area (Å²) in [5.74, 6) is 1.62. The van der Waals surface area contributed by atoms with Crippen LogP contribution in [0.3, 0.4) is 0 Å². The van der Waals surface area contributed by atoms with E-state index in [0.29, 0.717) is 5.92 Å². The molecule has 0 saturated carbocycles. The lowest BCUT2D eigenvalue weighted by Crippen LogP contribution is -2.12. The minimum atomic E-state index is 0.605. The van der Waals surface area contributed by atoms with Crippen LogP contribution in [0, 0.1) is 5.92 Å². The van der Waals surface area contributed by atoms with Crippen molar-refractivity contribution in [3.63, 3.8) is 0 Å². The maximum atomic E-state index is 6.07. The summed E-state index contributed by atoms with van der Waals surface area (Å²) >= 11 is 0. The summed E-state index contributed by atoms with van der Waals surface area (Å²) < 4.78 is 6.07. The molecule has 0 fully saturated rings. The smallest absolute Gasteiger partial charge is 0.124 e. The minimum absolute atomic E-state index is 0.605. The molecule has 0 amide bonds. The molecule has 0 aliphatic rings. The first-order valence-corrected chi connectivity index (χ1v) is 7.54. The van der Waals surface area contributed by atoms with Crippen molar-refractivity contribution < 1.29 is 4.74 Å². The third-order valence-electron chi connectivity index (χ3n) is 3.66. The van der Waals surface area contributed by atoms with Crippen molar-refractivity contribution in [3.05, 3.63) is 42.0 Å². The molecule has 1 atom stereocenters. The summed E-state index contributed by atoms with van der Waals surface area (Å²) in [5.41, 5.74) is 1.26. The second kappa shape index (κ2) is 7.30. The molecule has 108 valence electrons. The second-order valence-electron chi connectivity index (χ2n) is 5.50. The van der Waals surface area contributed by atoms with E-state index in [1.165, 1.54) is 29.2 Å². The Morgan fingerprint density at radius 1 is 1.15 bits per heavy atom. The molecular formula is C18H25NO. The van der Waals surface area contributed by atoms with Crippen LogP contribution in [-0.4, -0.2) is 13.7 Å². The van der Waals surface area contributed by atoms with Gasteiger partial charge in [-0.15, -0.1) is 0 Å². The molecule has 2 aromatic carbocycles. The topological polar surface area (TPSA) is 21.3 Å². The van der Waals surface area contributed by atoms with Crippen LogP contribution in [0.5, 0.6) is 5.75 Å². The molecule has 0 spiro atoms. The van der Waals surface area contributed by atoms with E-state index in [1.807, 2.05) is 7.05 Å². The average Bonchev–Trinajstić information content (AvgIpc) is 2.47. The predicted octanol–water partition coefficient (Wildman–Crippen LogP) is 4.37. The molecule has 0 bridgehead atoms. The first-order valence-electron chi connectivity index (χ1n) is 7.54. The van der Waals surface area contributed by atoms with Crippen LogP contribution in [0.25, 0.3) is 10.8 Å². The Bertz CT molecular complexity index is 550. The highest BCUT2D eigenvalue weighted by Crippen LogP contribution is 2.28. The number of nitrogens with one attached hydrogen (secondary N) is 1. The molecule has 0 aliphatic carbocycles. The van der Waals surface area contributed by atoms with E-state index in [4.69, 9.17) is 4.74 Å². The summed E-state index contributed by atoms with van der Waals surface area (Å²) in [5, 5.41) is 5.80. The van der Waals surface area contributed by atoms with E-state index in [1.54, 1.807) is 0 Å². The summed E-state index contributed by atoms with van der Waals surface area (Å²) in [7, 11) is 1.98. The normalized spacial score (nSPS) is 12.6. The molecule has 2 aromatic rings. The monoisotopic (exact) mass is 271 g/mol. The molecule has 2 nitrogen and oxygen atoms in total. The van der Waals surface area contributed by atoms with Gasteiger partial charge in [-0.25, -0.2) is 0 Å². The predicted molar refractivity (Wildman–Crippen MR) is 86.3 cm³/mol. The summed E-state index contributed by atoms with van der Waals surface area (Å²) in [6.45, 7) is 6.10. The molecule has 0 heterocycles. The van der Waals surface area contributed by atoms with Crippen LogP contribution in [-0.2, 0) is 6.54 Å². The average molecular weight is 271 g/mol. The van der Waals surface area contributed by atoms with Gasteiger partial charge >= 0.3 is 0 Å². The SMILES string of the molecule is CCCC(C)COc1ccc2ccccc2c1CNC. The molecule has 2 heteroatoms. The molecule has 1 N–H and O–H groups in total. The van der Waals surface area contributed by atoms with Crippen LogP contribution in [0.1, 0.15) is 32.3 Å². The molecule has 0 saturated heterocycles. The van der Waals surface area contributed by atoms with Gasteiger partial charge in [-0.1, -0.05) is 50.6 Å². The summed E-state index contributed by atoms with van der Waals surface area (Å²) in [4.78, 5) is 0. The third kappa shape index (κ3) is 3.51. The maximum Gasteiger partial charge on any atom is 0.124 e. The fourth-order valence-electron chi connectivity index (χ4n) is 2.62. The maximum absolute atomic E-state index is 6.07. The molecular weight excluding hydrogens is 246 g/mol. The lowest BCUT2D eigenvalue weighted by atomic mass is 10.0. The standard InChI is InChI=1S/C18H25NO/c1-4-7-14(2)13-20-18-11-10-15-8-5-6-9-16(15)17(18)12-19-3/h5-6,8-11,14,19H,4,7,12-13H2,1-3H3. The minimum Gasteiger partial charge on any atom is -0.493 e. The van der Waals surface area contributed by atoms with Crippen LogP contribution in [0.2, 0.25) is 0 Å². The lowest BCUT2D eigenvalue weighted by molar-refractivity contribution is 0.249. The first-order chi connectivity index (χ1) is 9.76. The van der Waals surface area contributed by atoms with Gasteiger partial charge in [0.05, 0.1) is 6.61 Å². The Hall–Kier alpha value is -1.54. The lowest BCUT2D eigenvalue weighted by Gasteiger charge is -2.17. The third-order valence-corrected chi connectivity index (χ3v) is 3.66. The van der Waals surface area contributed by atoms with Crippen LogP contribution >= 0.6 is 0 Å². The zero-order chi connectivity index (χ0) is 14.4. The van der Waals surface area contributed by atoms with E-state index in [-0.39, 0.29) is 0 Å². The summed E-state index contributed by atoms with van der Waals surface area (Å²) in [6.07, 6.45) is 2.43. The number of fused-ring (bicyclic) bond motifs is 1. The van der Waals surface area contributed by atoms with Crippen molar-refractivity contribution in [2.45, 2.75) is 33.2 Å². The molecule has 0 aromatic heterocycles. The zero-order valence-electron chi connectivity index (χ0n) is 12.8. The van der Waals surface area contributed by atoms with Gasteiger partial charge in [0.2, 0.25) is 0 Å². The van der Waals surface area contributed by atoms with E-state index in [9.17, 15) is 0 Å². The van der Waals surface area contributed by atoms with Gasteiger partial charge in [0, 0.05) is 12.1 Å². The fraction of sp³-hybridized carbons (Fsp3) is 0.444. The number of benzene rings is 2. The Morgan fingerprint density at radius 3 is 2.70 bits per heavy atom. The molecule has 1 unspecified atom stereocenters. The van der Waals surface area contributed by atoms with Crippen molar-refractivity contribution in [2.24, 2.45) is 5.92 Å². The van der Waals surface area contributed by atoms with Crippen molar-refractivity contribution in [2.75, 3.05) is 13.7 Å². The number of rotatable bonds is 7. The Kier molecular flexibility index (Phi) is 5.42. The van der Waals surface area contributed by atoms with Crippen LogP contribution in [0.15, 0.2) is 36.4 Å². The quantitative estimate of drug-likeness (QED) is 0.807. The highest BCUT2D eigenvalue weighted by molar-refractivity contribution is 5.87. The Balaban J connectivity index is 2.25. The van der Waals surface area contributed by atoms with E-state index in [2.05, 4.69) is 55.6 Å². The first kappa shape index (κ1) is 14.9. The highest BCUT2D eigenvalue weighted by atomic mass is 16.5. The van der Waals surface area contributed by atoms with E-state index < -0.39 is 0 Å². The van der Waals surface area contributed by atoms with Gasteiger partial charge in [0.1, 0.15) is 5.75 Å². The van der Waals surface area contributed by atoms with Gasteiger partial charge in [-0.3, -0.25) is 0 Å². The van der Waals surface area contributed by atoms with E-state index in [0.717, 1.165) is 18.9 Å². The van der Waals surface area contributed by atoms with Gasteiger partial charge < -0.3 is 10.1 Å². The van der Waals surface area contributed by atoms with Crippen LogP contribution in [0.4, 0.5) is 0 Å². The van der Waals surface area contributed by atoms with Crippen molar-refractivity contribution in [3.8, 4) is 5.75 Å². The fourth-order valence-corrected chi connectivity index (χ4v) is 2.62. The van der Waals surface area contributed by atoms with Gasteiger partial charge in [0.25, 0.3) is 0 Å².